The summed E-state index contributed by atoms with van der Waals surface area (Å²) < 4.78 is 23.9. The highest BCUT2D eigenvalue weighted by molar-refractivity contribution is 9.10. The molecule has 110 valence electrons. The van der Waals surface area contributed by atoms with Crippen LogP contribution >= 0.6 is 15.9 Å². The van der Waals surface area contributed by atoms with Crippen LogP contribution in [0.3, 0.4) is 0 Å². The van der Waals surface area contributed by atoms with Gasteiger partial charge < -0.3 is 5.32 Å². The number of aryl methyl sites for hydroxylation is 1. The Morgan fingerprint density at radius 1 is 1.14 bits per heavy atom. The number of amides is 1. The molecule has 0 radical (unpaired) electrons. The van der Waals surface area contributed by atoms with Crippen molar-refractivity contribution in [3.05, 3.63) is 58.1 Å². The number of halogens is 1. The van der Waals surface area contributed by atoms with E-state index in [0.717, 1.165) is 10.7 Å². The van der Waals surface area contributed by atoms with Crippen LogP contribution in [0.1, 0.15) is 15.9 Å². The largest absolute Gasteiger partial charge is 0.321 e. The first-order valence-electron chi connectivity index (χ1n) is 6.15. The maximum Gasteiger partial charge on any atom is 0.256 e. The second-order valence-electron chi connectivity index (χ2n) is 4.68. The molecule has 0 unspecified atom stereocenters. The van der Waals surface area contributed by atoms with Crippen LogP contribution in [-0.2, 0) is 9.84 Å². The van der Waals surface area contributed by atoms with Gasteiger partial charge in [0.05, 0.1) is 10.6 Å². The molecular formula is C15H14BrNO3S. The number of sulfone groups is 1. The molecule has 0 aliphatic rings. The third-order valence-corrected chi connectivity index (χ3v) is 4.81. The molecule has 6 heteroatoms. The summed E-state index contributed by atoms with van der Waals surface area (Å²) in [6.07, 6.45) is 1.12. The van der Waals surface area contributed by atoms with Crippen molar-refractivity contribution >= 4 is 37.4 Å². The fraction of sp³-hybridized carbons (Fsp3) is 0.133. The lowest BCUT2D eigenvalue weighted by Crippen LogP contribution is -2.14. The molecule has 2 aromatic rings. The summed E-state index contributed by atoms with van der Waals surface area (Å²) in [6.45, 7) is 1.76. The van der Waals surface area contributed by atoms with Gasteiger partial charge in [-0.25, -0.2) is 8.42 Å². The molecule has 0 spiro atoms. The Hall–Kier alpha value is -1.66. The number of carbonyl (C=O) groups is 1. The summed E-state index contributed by atoms with van der Waals surface area (Å²) in [6, 6.07) is 11.8. The fourth-order valence-corrected chi connectivity index (χ4v) is 2.86. The Labute approximate surface area is 132 Å². The molecule has 0 fully saturated rings. The quantitative estimate of drug-likeness (QED) is 0.903. The number of benzene rings is 2. The van der Waals surface area contributed by atoms with Crippen LogP contribution < -0.4 is 5.32 Å². The molecule has 0 saturated heterocycles. The predicted molar refractivity (Wildman–Crippen MR) is 86.4 cm³/mol. The predicted octanol–water partition coefficient (Wildman–Crippen LogP) is 3.41. The number of hydrogen-bond donors (Lipinski definition) is 1. The molecule has 4 nitrogen and oxygen atoms in total. The number of nitrogens with one attached hydrogen (secondary N) is 1. The van der Waals surface area contributed by atoms with Crippen molar-refractivity contribution in [3.63, 3.8) is 0 Å². The third kappa shape index (κ3) is 3.71. The minimum absolute atomic E-state index is 0.130. The van der Waals surface area contributed by atoms with Gasteiger partial charge in [-0.2, -0.15) is 0 Å². The first kappa shape index (κ1) is 15.7. The molecule has 2 rings (SSSR count). The molecule has 0 aliphatic carbocycles. The van der Waals surface area contributed by atoms with Gasteiger partial charge in [0, 0.05) is 16.3 Å². The van der Waals surface area contributed by atoms with Crippen molar-refractivity contribution in [1.82, 2.24) is 0 Å². The fourth-order valence-electron chi connectivity index (χ4n) is 1.83. The molecule has 0 aliphatic heterocycles. The molecule has 0 bridgehead atoms. The standard InChI is InChI=1S/C15H14BrNO3S/c1-10-7-8-11(21(2,19)20)9-12(10)15(18)17-14-6-4-3-5-13(14)16/h3-9H,1-2H3,(H,17,18). The summed E-state index contributed by atoms with van der Waals surface area (Å²) in [7, 11) is -3.35. The molecule has 1 N–H and O–H groups in total. The van der Waals surface area contributed by atoms with E-state index in [1.807, 2.05) is 12.1 Å². The van der Waals surface area contributed by atoms with E-state index in [2.05, 4.69) is 21.2 Å². The van der Waals surface area contributed by atoms with Crippen LogP contribution in [0.25, 0.3) is 0 Å². The number of carbonyl (C=O) groups excluding carboxylic acids is 1. The van der Waals surface area contributed by atoms with E-state index in [-0.39, 0.29) is 10.8 Å². The van der Waals surface area contributed by atoms with E-state index >= 15 is 0 Å². The van der Waals surface area contributed by atoms with Crippen molar-refractivity contribution in [2.75, 3.05) is 11.6 Å². The molecular weight excluding hydrogens is 354 g/mol. The van der Waals surface area contributed by atoms with Crippen molar-refractivity contribution in [2.45, 2.75) is 11.8 Å². The highest BCUT2D eigenvalue weighted by Crippen LogP contribution is 2.23. The van der Waals surface area contributed by atoms with E-state index in [0.29, 0.717) is 16.8 Å². The summed E-state index contributed by atoms with van der Waals surface area (Å²) in [5.74, 6) is -0.343. The maximum absolute atomic E-state index is 12.3. The Kier molecular flexibility index (Phi) is 4.49. The molecule has 21 heavy (non-hydrogen) atoms. The van der Waals surface area contributed by atoms with Gasteiger partial charge in [-0.3, -0.25) is 4.79 Å². The lowest BCUT2D eigenvalue weighted by molar-refractivity contribution is 0.102. The summed E-state index contributed by atoms with van der Waals surface area (Å²) in [5, 5.41) is 2.77. The normalized spacial score (nSPS) is 11.2. The summed E-state index contributed by atoms with van der Waals surface area (Å²) >= 11 is 3.35. The first-order valence-corrected chi connectivity index (χ1v) is 8.84. The number of para-hydroxylation sites is 1. The van der Waals surface area contributed by atoms with Crippen molar-refractivity contribution in [1.29, 1.82) is 0 Å². The summed E-state index contributed by atoms with van der Waals surface area (Å²) in [4.78, 5) is 12.5. The second kappa shape index (κ2) is 5.99. The highest BCUT2D eigenvalue weighted by atomic mass is 79.9. The molecule has 0 aromatic heterocycles. The van der Waals surface area contributed by atoms with Crippen LogP contribution in [0.4, 0.5) is 5.69 Å². The monoisotopic (exact) mass is 367 g/mol. The average molecular weight is 368 g/mol. The maximum atomic E-state index is 12.3. The van der Waals surface area contributed by atoms with Crippen LogP contribution in [0, 0.1) is 6.92 Å². The van der Waals surface area contributed by atoms with Gasteiger partial charge in [0.2, 0.25) is 0 Å². The second-order valence-corrected chi connectivity index (χ2v) is 7.55. The van der Waals surface area contributed by atoms with Crippen molar-refractivity contribution in [2.24, 2.45) is 0 Å². The van der Waals surface area contributed by atoms with Gasteiger partial charge in [-0.1, -0.05) is 18.2 Å². The van der Waals surface area contributed by atoms with Crippen LogP contribution in [-0.4, -0.2) is 20.6 Å². The Morgan fingerprint density at radius 2 is 1.81 bits per heavy atom. The highest BCUT2D eigenvalue weighted by Gasteiger charge is 2.15. The minimum atomic E-state index is -3.35. The van der Waals surface area contributed by atoms with Gasteiger partial charge in [0.25, 0.3) is 5.91 Å². The zero-order valence-electron chi connectivity index (χ0n) is 11.6. The van der Waals surface area contributed by atoms with Crippen molar-refractivity contribution < 1.29 is 13.2 Å². The van der Waals surface area contributed by atoms with Gasteiger partial charge in [0.1, 0.15) is 0 Å². The van der Waals surface area contributed by atoms with Crippen LogP contribution in [0.2, 0.25) is 0 Å². The topological polar surface area (TPSA) is 63.2 Å². The Morgan fingerprint density at radius 3 is 2.43 bits per heavy atom. The van der Waals surface area contributed by atoms with Gasteiger partial charge in [0.15, 0.2) is 9.84 Å². The van der Waals surface area contributed by atoms with Crippen LogP contribution in [0.15, 0.2) is 51.8 Å². The van der Waals surface area contributed by atoms with E-state index in [9.17, 15) is 13.2 Å². The lowest BCUT2D eigenvalue weighted by atomic mass is 10.1. The number of anilines is 1. The Balaban J connectivity index is 2.38. The van der Waals surface area contributed by atoms with Gasteiger partial charge in [-0.15, -0.1) is 0 Å². The number of rotatable bonds is 3. The Bertz CT molecular complexity index is 800. The molecule has 2 aromatic carbocycles. The van der Waals surface area contributed by atoms with Gasteiger partial charge >= 0.3 is 0 Å². The molecule has 0 heterocycles. The third-order valence-electron chi connectivity index (χ3n) is 3.00. The van der Waals surface area contributed by atoms with E-state index in [4.69, 9.17) is 0 Å². The molecule has 0 saturated carbocycles. The minimum Gasteiger partial charge on any atom is -0.321 e. The number of hydrogen-bond acceptors (Lipinski definition) is 3. The van der Waals surface area contributed by atoms with E-state index in [1.165, 1.54) is 12.1 Å². The van der Waals surface area contributed by atoms with Gasteiger partial charge in [-0.05, 0) is 52.7 Å². The smallest absolute Gasteiger partial charge is 0.256 e. The zero-order valence-corrected chi connectivity index (χ0v) is 14.0. The lowest BCUT2D eigenvalue weighted by Gasteiger charge is -2.10. The van der Waals surface area contributed by atoms with Crippen molar-refractivity contribution in [3.8, 4) is 0 Å². The molecule has 1 amide bonds. The average Bonchev–Trinajstić information content (AvgIpc) is 2.40. The SMILES string of the molecule is Cc1ccc(S(C)(=O)=O)cc1C(=O)Nc1ccccc1Br. The van der Waals surface area contributed by atoms with E-state index < -0.39 is 9.84 Å². The van der Waals surface area contributed by atoms with E-state index in [1.54, 1.807) is 25.1 Å². The summed E-state index contributed by atoms with van der Waals surface area (Å²) in [5.41, 5.74) is 1.69. The van der Waals surface area contributed by atoms with Crippen LogP contribution in [0.5, 0.6) is 0 Å². The first-order chi connectivity index (χ1) is 9.79. The zero-order chi connectivity index (χ0) is 15.6. The molecule has 0 atom stereocenters.